The maximum Gasteiger partial charge on any atom is 0.336 e. The number of Topliss-reactive ketones (excluding diaryl/α,β-unsaturated/α-hetero) is 1. The molecule has 0 fully saturated rings. The maximum absolute atomic E-state index is 13.7. The van der Waals surface area contributed by atoms with Crippen molar-refractivity contribution in [3.05, 3.63) is 62.5 Å². The Kier molecular flexibility index (Phi) is 8.06. The number of hydrogen-bond acceptors (Lipinski definition) is 9. The fourth-order valence-electron chi connectivity index (χ4n) is 4.60. The average Bonchev–Trinajstić information content (AvgIpc) is 2.80. The van der Waals surface area contributed by atoms with Gasteiger partial charge in [-0.1, -0.05) is 19.1 Å². The number of hydrogen-bond donors (Lipinski definition) is 1. The molecule has 10 heteroatoms. The number of ketones is 1. The van der Waals surface area contributed by atoms with Crippen LogP contribution in [0.2, 0.25) is 0 Å². The van der Waals surface area contributed by atoms with Crippen LogP contribution in [0.3, 0.4) is 0 Å². The zero-order valence-corrected chi connectivity index (χ0v) is 20.5. The first kappa shape index (κ1) is 26.1. The number of nitrogens with zero attached hydrogens (tertiary/aromatic N) is 1. The predicted octanol–water partition coefficient (Wildman–Crippen LogP) is 3.18. The van der Waals surface area contributed by atoms with Crippen LogP contribution in [0.15, 0.2) is 46.8 Å². The van der Waals surface area contributed by atoms with E-state index in [-0.39, 0.29) is 42.1 Å². The quantitative estimate of drug-likeness (QED) is 0.193. The van der Waals surface area contributed by atoms with Crippen molar-refractivity contribution in [2.75, 3.05) is 20.3 Å². The molecular formula is C25H30N2O8. The van der Waals surface area contributed by atoms with Crippen LogP contribution in [0, 0.1) is 22.0 Å². The number of methoxy groups -OCH3 is 1. The first-order valence-corrected chi connectivity index (χ1v) is 11.4. The Balaban J connectivity index is 2.09. The number of ether oxygens (including phenoxy) is 3. The zero-order valence-electron chi connectivity index (χ0n) is 20.5. The maximum atomic E-state index is 13.7. The highest BCUT2D eigenvalue weighted by Gasteiger charge is 2.47. The van der Waals surface area contributed by atoms with Gasteiger partial charge in [-0.05, 0) is 38.7 Å². The van der Waals surface area contributed by atoms with Crippen LogP contribution in [0.25, 0.3) is 0 Å². The van der Waals surface area contributed by atoms with Crippen LogP contribution < -0.4 is 5.32 Å². The van der Waals surface area contributed by atoms with Gasteiger partial charge in [-0.15, -0.1) is 0 Å². The highest BCUT2D eigenvalue weighted by molar-refractivity contribution is 6.12. The SMILES string of the molecule is COC(=O)[C@@H]1C(=O)C2=C(C[C@H]1C)NC(C)=C(C(=O)OCCOC(C)C)[C@@H]2c1cccc([N+](=O)[O-])c1. The smallest absolute Gasteiger partial charge is 0.336 e. The summed E-state index contributed by atoms with van der Waals surface area (Å²) < 4.78 is 15.7. The summed E-state index contributed by atoms with van der Waals surface area (Å²) in [7, 11) is 1.22. The number of esters is 2. The molecule has 35 heavy (non-hydrogen) atoms. The van der Waals surface area contributed by atoms with Gasteiger partial charge in [0.1, 0.15) is 12.5 Å². The van der Waals surface area contributed by atoms with Gasteiger partial charge in [0.25, 0.3) is 5.69 Å². The fourth-order valence-corrected chi connectivity index (χ4v) is 4.60. The van der Waals surface area contributed by atoms with Crippen LogP contribution in [0.1, 0.15) is 45.6 Å². The van der Waals surface area contributed by atoms with Crippen LogP contribution in [-0.2, 0) is 28.6 Å². The fraction of sp³-hybridized carbons (Fsp3) is 0.480. The lowest BCUT2D eigenvalue weighted by Crippen LogP contribution is -2.43. The van der Waals surface area contributed by atoms with Crippen LogP contribution >= 0.6 is 0 Å². The first-order valence-electron chi connectivity index (χ1n) is 11.4. The molecule has 1 N–H and O–H groups in total. The molecule has 3 atom stereocenters. The summed E-state index contributed by atoms with van der Waals surface area (Å²) in [5.41, 5.74) is 1.63. The normalized spacial score (nSPS) is 22.0. The Bertz CT molecular complexity index is 1100. The van der Waals surface area contributed by atoms with Gasteiger partial charge in [0.2, 0.25) is 0 Å². The molecule has 10 nitrogen and oxygen atoms in total. The number of nitrogens with one attached hydrogen (secondary N) is 1. The standard InChI is InChI=1S/C25H30N2O8/c1-13(2)34-9-10-35-25(30)20-15(4)26-18-11-14(3)19(24(29)33-5)23(28)22(18)21(20)16-7-6-8-17(12-16)27(31)32/h6-8,12-14,19,21,26H,9-11H2,1-5H3/t14-,19+,21+/m1/s1. The molecule has 2 aliphatic rings. The minimum Gasteiger partial charge on any atom is -0.468 e. The summed E-state index contributed by atoms with van der Waals surface area (Å²) in [4.78, 5) is 50.3. The minimum absolute atomic E-state index is 0.00286. The number of benzene rings is 1. The van der Waals surface area contributed by atoms with Crippen molar-refractivity contribution in [1.29, 1.82) is 0 Å². The van der Waals surface area contributed by atoms with E-state index < -0.39 is 34.5 Å². The molecule has 0 saturated heterocycles. The Labute approximate surface area is 203 Å². The summed E-state index contributed by atoms with van der Waals surface area (Å²) in [6, 6.07) is 5.79. The van der Waals surface area contributed by atoms with Gasteiger partial charge >= 0.3 is 11.9 Å². The molecule has 188 valence electrons. The molecule has 0 bridgehead atoms. The van der Waals surface area contributed by atoms with Gasteiger partial charge in [0, 0.05) is 35.0 Å². The second-order valence-electron chi connectivity index (χ2n) is 8.94. The molecule has 1 aromatic rings. The van der Waals surface area contributed by atoms with E-state index in [0.717, 1.165) is 0 Å². The molecule has 1 heterocycles. The van der Waals surface area contributed by atoms with E-state index in [1.54, 1.807) is 19.9 Å². The van der Waals surface area contributed by atoms with Gasteiger partial charge in [0.05, 0.1) is 30.3 Å². The van der Waals surface area contributed by atoms with Crippen molar-refractivity contribution in [3.8, 4) is 0 Å². The number of nitro groups is 1. The van der Waals surface area contributed by atoms with Gasteiger partial charge < -0.3 is 19.5 Å². The largest absolute Gasteiger partial charge is 0.468 e. The van der Waals surface area contributed by atoms with E-state index >= 15 is 0 Å². The van der Waals surface area contributed by atoms with Gasteiger partial charge in [-0.3, -0.25) is 19.7 Å². The van der Waals surface area contributed by atoms with Gasteiger partial charge in [0.15, 0.2) is 5.78 Å². The Morgan fingerprint density at radius 1 is 1.26 bits per heavy atom. The van der Waals surface area contributed by atoms with Crippen molar-refractivity contribution >= 4 is 23.4 Å². The number of non-ortho nitro benzene ring substituents is 1. The number of rotatable bonds is 8. The summed E-state index contributed by atoms with van der Waals surface area (Å²) in [6.07, 6.45) is 0.335. The molecule has 0 saturated carbocycles. The Morgan fingerprint density at radius 3 is 2.60 bits per heavy atom. The lowest BCUT2D eigenvalue weighted by Gasteiger charge is -2.38. The summed E-state index contributed by atoms with van der Waals surface area (Å²) in [5, 5.41) is 14.6. The summed E-state index contributed by atoms with van der Waals surface area (Å²) in [5.74, 6) is -4.13. The molecule has 0 aromatic heterocycles. The second kappa shape index (κ2) is 10.8. The van der Waals surface area contributed by atoms with Crippen molar-refractivity contribution < 1.29 is 33.5 Å². The lowest BCUT2D eigenvalue weighted by molar-refractivity contribution is -0.384. The van der Waals surface area contributed by atoms with Crippen molar-refractivity contribution in [2.45, 2.75) is 46.1 Å². The van der Waals surface area contributed by atoms with Gasteiger partial charge in [-0.2, -0.15) is 0 Å². The minimum atomic E-state index is -1.04. The van der Waals surface area contributed by atoms with Crippen molar-refractivity contribution in [1.82, 2.24) is 5.32 Å². The molecule has 1 aliphatic heterocycles. The Morgan fingerprint density at radius 2 is 1.97 bits per heavy atom. The topological polar surface area (TPSA) is 134 Å². The molecule has 0 amide bonds. The third-order valence-electron chi connectivity index (χ3n) is 6.14. The first-order chi connectivity index (χ1) is 16.6. The molecule has 0 unspecified atom stereocenters. The zero-order chi connectivity index (χ0) is 25.9. The van der Waals surface area contributed by atoms with Gasteiger partial charge in [-0.25, -0.2) is 4.79 Å². The molecule has 0 radical (unpaired) electrons. The highest BCUT2D eigenvalue weighted by atomic mass is 16.6. The van der Waals surface area contributed by atoms with E-state index in [0.29, 0.717) is 23.4 Å². The molecule has 3 rings (SSSR count). The molecular weight excluding hydrogens is 456 g/mol. The number of carbonyl (C=O) groups excluding carboxylic acids is 3. The number of carbonyl (C=O) groups is 3. The van der Waals surface area contributed by atoms with E-state index in [1.807, 2.05) is 13.8 Å². The van der Waals surface area contributed by atoms with Crippen LogP contribution in [0.5, 0.6) is 0 Å². The third-order valence-corrected chi connectivity index (χ3v) is 6.14. The van der Waals surface area contributed by atoms with Crippen LogP contribution in [-0.4, -0.2) is 49.1 Å². The van der Waals surface area contributed by atoms with E-state index in [1.165, 1.54) is 25.3 Å². The van der Waals surface area contributed by atoms with Crippen LogP contribution in [0.4, 0.5) is 5.69 Å². The molecule has 0 spiro atoms. The van der Waals surface area contributed by atoms with E-state index in [2.05, 4.69) is 5.32 Å². The molecule has 1 aromatic carbocycles. The second-order valence-corrected chi connectivity index (χ2v) is 8.94. The monoisotopic (exact) mass is 486 g/mol. The number of nitro benzene ring substituents is 1. The number of dihydropyridines is 1. The number of allylic oxidation sites excluding steroid dienone is 3. The summed E-state index contributed by atoms with van der Waals surface area (Å²) >= 11 is 0. The van der Waals surface area contributed by atoms with E-state index in [9.17, 15) is 24.5 Å². The Hall–Kier alpha value is -3.53. The average molecular weight is 487 g/mol. The van der Waals surface area contributed by atoms with Crippen molar-refractivity contribution in [3.63, 3.8) is 0 Å². The lowest BCUT2D eigenvalue weighted by atomic mass is 9.69. The highest BCUT2D eigenvalue weighted by Crippen LogP contribution is 2.45. The van der Waals surface area contributed by atoms with Crippen molar-refractivity contribution in [2.24, 2.45) is 11.8 Å². The molecule has 1 aliphatic carbocycles. The van der Waals surface area contributed by atoms with E-state index in [4.69, 9.17) is 14.2 Å². The third kappa shape index (κ3) is 5.43. The predicted molar refractivity (Wildman–Crippen MR) is 125 cm³/mol. The summed E-state index contributed by atoms with van der Waals surface area (Å²) in [6.45, 7) is 7.39.